The van der Waals surface area contributed by atoms with Gasteiger partial charge in [-0.3, -0.25) is 9.55 Å². The molecule has 0 radical (unpaired) electrons. The Labute approximate surface area is 257 Å². The molecule has 0 saturated carbocycles. The van der Waals surface area contributed by atoms with E-state index < -0.39 is 0 Å². The highest BCUT2D eigenvalue weighted by molar-refractivity contribution is 6.28. The second-order valence-electron chi connectivity index (χ2n) is 11.5. The van der Waals surface area contributed by atoms with E-state index in [1.165, 1.54) is 43.6 Å². The summed E-state index contributed by atoms with van der Waals surface area (Å²) in [5.41, 5.74) is 11.0. The van der Waals surface area contributed by atoms with Crippen LogP contribution in [0.15, 0.2) is 152 Å². The molecule has 5 aromatic carbocycles. The van der Waals surface area contributed by atoms with E-state index in [4.69, 9.17) is 9.97 Å². The van der Waals surface area contributed by atoms with Gasteiger partial charge in [-0.2, -0.15) is 0 Å². The molecular weight excluding hydrogens is 550 g/mol. The molecule has 0 aliphatic rings. The maximum atomic E-state index is 4.79. The van der Waals surface area contributed by atoms with E-state index in [0.29, 0.717) is 0 Å². The third-order valence-electron chi connectivity index (χ3n) is 9.11. The van der Waals surface area contributed by atoms with E-state index in [0.717, 1.165) is 39.1 Å². The minimum atomic E-state index is 0.904. The smallest absolute Gasteiger partial charge is 0.147 e. The summed E-state index contributed by atoms with van der Waals surface area (Å²) in [6, 6.07) is 49.7. The molecule has 10 rings (SSSR count). The highest BCUT2D eigenvalue weighted by Crippen LogP contribution is 2.42. The Balaban J connectivity index is 1.30. The molecule has 0 fully saturated rings. The number of pyridine rings is 2. The second kappa shape index (κ2) is 9.15. The summed E-state index contributed by atoms with van der Waals surface area (Å²) in [5, 5.41) is 6.08. The summed E-state index contributed by atoms with van der Waals surface area (Å²) >= 11 is 0. The fraction of sp³-hybridized carbons (Fsp3) is 0. The first-order valence-corrected chi connectivity index (χ1v) is 15.2. The summed E-state index contributed by atoms with van der Waals surface area (Å²) in [6.45, 7) is 0. The highest BCUT2D eigenvalue weighted by atomic mass is 15.1. The quantitative estimate of drug-likeness (QED) is 0.210. The Morgan fingerprint density at radius 1 is 0.356 bits per heavy atom. The van der Waals surface area contributed by atoms with Crippen LogP contribution in [0.1, 0.15) is 0 Å². The van der Waals surface area contributed by atoms with Crippen molar-refractivity contribution in [1.29, 1.82) is 0 Å². The summed E-state index contributed by atoms with van der Waals surface area (Å²) in [6.07, 6.45) is 3.70. The first-order chi connectivity index (χ1) is 22.4. The van der Waals surface area contributed by atoms with Crippen LogP contribution in [0.4, 0.5) is 0 Å². The average molecular weight is 576 g/mol. The zero-order valence-electron chi connectivity index (χ0n) is 24.2. The molecule has 0 atom stereocenters. The van der Waals surface area contributed by atoms with E-state index >= 15 is 0 Å². The maximum Gasteiger partial charge on any atom is 0.147 e. The fourth-order valence-corrected chi connectivity index (χ4v) is 7.34. The Kier molecular flexibility index (Phi) is 4.93. The number of benzene rings is 5. The predicted octanol–water partition coefficient (Wildman–Crippen LogP) is 9.77. The number of aromatic nitrogens is 5. The topological polar surface area (TPSA) is 40.6 Å². The third kappa shape index (κ3) is 3.32. The van der Waals surface area contributed by atoms with Gasteiger partial charge in [0.05, 0.1) is 33.1 Å². The zero-order chi connectivity index (χ0) is 29.5. The van der Waals surface area contributed by atoms with Gasteiger partial charge in [-0.1, -0.05) is 60.7 Å². The molecule has 0 N–H and O–H groups in total. The molecule has 0 amide bonds. The molecule has 5 heterocycles. The van der Waals surface area contributed by atoms with Gasteiger partial charge >= 0.3 is 0 Å². The summed E-state index contributed by atoms with van der Waals surface area (Å²) in [7, 11) is 0. The first-order valence-electron chi connectivity index (χ1n) is 15.2. The molecule has 5 nitrogen and oxygen atoms in total. The van der Waals surface area contributed by atoms with Gasteiger partial charge in [0.15, 0.2) is 0 Å². The molecule has 0 bridgehead atoms. The van der Waals surface area contributed by atoms with Crippen molar-refractivity contribution in [3.05, 3.63) is 152 Å². The predicted molar refractivity (Wildman–Crippen MR) is 185 cm³/mol. The Bertz CT molecular complexity index is 2710. The SMILES string of the molecule is c1ccc(-n2c3ccccc3c3c4c5ccccc5n(-c5cccc(-n6c7cccnc7c7cccnc76)c5)c4ccc32)cc1. The molecule has 45 heavy (non-hydrogen) atoms. The lowest BCUT2D eigenvalue weighted by atomic mass is 10.1. The Morgan fingerprint density at radius 3 is 1.62 bits per heavy atom. The molecule has 0 aliphatic carbocycles. The van der Waals surface area contributed by atoms with Gasteiger partial charge in [0, 0.05) is 56.4 Å². The van der Waals surface area contributed by atoms with Crippen molar-refractivity contribution in [3.8, 4) is 17.1 Å². The van der Waals surface area contributed by atoms with Crippen LogP contribution >= 0.6 is 0 Å². The van der Waals surface area contributed by atoms with Crippen molar-refractivity contribution >= 4 is 65.7 Å². The van der Waals surface area contributed by atoms with Gasteiger partial charge in [0.25, 0.3) is 0 Å². The number of fused-ring (bicyclic) bond motifs is 10. The van der Waals surface area contributed by atoms with Crippen LogP contribution < -0.4 is 0 Å². The van der Waals surface area contributed by atoms with E-state index in [2.05, 4.69) is 141 Å². The molecule has 10 aromatic rings. The van der Waals surface area contributed by atoms with Crippen molar-refractivity contribution in [3.63, 3.8) is 0 Å². The fourth-order valence-electron chi connectivity index (χ4n) is 7.34. The lowest BCUT2D eigenvalue weighted by Gasteiger charge is -2.12. The lowest BCUT2D eigenvalue weighted by molar-refractivity contribution is 1.11. The molecule has 5 aromatic heterocycles. The zero-order valence-corrected chi connectivity index (χ0v) is 24.2. The lowest BCUT2D eigenvalue weighted by Crippen LogP contribution is -1.99. The minimum Gasteiger partial charge on any atom is -0.309 e. The van der Waals surface area contributed by atoms with Crippen LogP contribution in [0.5, 0.6) is 0 Å². The van der Waals surface area contributed by atoms with Crippen LogP contribution in [0.25, 0.3) is 82.7 Å². The third-order valence-corrected chi connectivity index (χ3v) is 9.11. The van der Waals surface area contributed by atoms with Crippen LogP contribution in [0.3, 0.4) is 0 Å². The van der Waals surface area contributed by atoms with Crippen molar-refractivity contribution in [1.82, 2.24) is 23.7 Å². The van der Waals surface area contributed by atoms with Crippen molar-refractivity contribution in [2.45, 2.75) is 0 Å². The first kappa shape index (κ1) is 24.3. The van der Waals surface area contributed by atoms with Crippen molar-refractivity contribution in [2.24, 2.45) is 0 Å². The summed E-state index contributed by atoms with van der Waals surface area (Å²) in [5.74, 6) is 0. The summed E-state index contributed by atoms with van der Waals surface area (Å²) in [4.78, 5) is 9.51. The van der Waals surface area contributed by atoms with E-state index in [1.807, 2.05) is 24.5 Å². The number of hydrogen-bond acceptors (Lipinski definition) is 2. The normalized spacial score (nSPS) is 12.0. The summed E-state index contributed by atoms with van der Waals surface area (Å²) < 4.78 is 7.02. The number of rotatable bonds is 3. The van der Waals surface area contributed by atoms with Gasteiger partial charge < -0.3 is 9.13 Å². The molecule has 0 spiro atoms. The average Bonchev–Trinajstić information content (AvgIpc) is 3.74. The van der Waals surface area contributed by atoms with Crippen LogP contribution in [-0.2, 0) is 0 Å². The van der Waals surface area contributed by atoms with Gasteiger partial charge in [-0.25, -0.2) is 4.98 Å². The van der Waals surface area contributed by atoms with Crippen molar-refractivity contribution < 1.29 is 0 Å². The van der Waals surface area contributed by atoms with Gasteiger partial charge in [0.1, 0.15) is 5.65 Å². The monoisotopic (exact) mass is 575 g/mol. The standard InChI is InChI=1S/C40H25N5/c1-2-11-26(12-3-1)43-32-18-6-4-15-29(32)37-34(43)21-22-35-38(37)30-16-5-7-19-33(30)44(35)27-13-8-14-28(25-27)45-36-20-10-23-41-39(36)31-17-9-24-42-40(31)45/h1-25H. The maximum absolute atomic E-state index is 4.79. The Morgan fingerprint density at radius 2 is 0.889 bits per heavy atom. The van der Waals surface area contributed by atoms with Crippen LogP contribution in [-0.4, -0.2) is 23.7 Å². The van der Waals surface area contributed by atoms with Gasteiger partial charge in [-0.05, 0) is 78.9 Å². The number of nitrogens with zero attached hydrogens (tertiary/aromatic N) is 5. The van der Waals surface area contributed by atoms with Gasteiger partial charge in [-0.15, -0.1) is 0 Å². The largest absolute Gasteiger partial charge is 0.309 e. The van der Waals surface area contributed by atoms with E-state index in [-0.39, 0.29) is 0 Å². The molecule has 0 unspecified atom stereocenters. The molecular formula is C40H25N5. The van der Waals surface area contributed by atoms with Gasteiger partial charge in [0.2, 0.25) is 0 Å². The Hall–Kier alpha value is -6.20. The molecule has 210 valence electrons. The van der Waals surface area contributed by atoms with Crippen LogP contribution in [0, 0.1) is 0 Å². The highest BCUT2D eigenvalue weighted by Gasteiger charge is 2.21. The second-order valence-corrected chi connectivity index (χ2v) is 11.5. The van der Waals surface area contributed by atoms with Crippen LogP contribution in [0.2, 0.25) is 0 Å². The molecule has 5 heteroatoms. The number of hydrogen-bond donors (Lipinski definition) is 0. The molecule has 0 saturated heterocycles. The number of para-hydroxylation sites is 3. The molecule has 0 aliphatic heterocycles. The van der Waals surface area contributed by atoms with E-state index in [1.54, 1.807) is 0 Å². The minimum absolute atomic E-state index is 0.904. The van der Waals surface area contributed by atoms with E-state index in [9.17, 15) is 0 Å². The van der Waals surface area contributed by atoms with Crippen molar-refractivity contribution in [2.75, 3.05) is 0 Å².